The van der Waals surface area contributed by atoms with Crippen LogP contribution in [-0.4, -0.2) is 26.1 Å². The molecule has 4 N–H and O–H groups in total. The number of aromatic nitrogens is 3. The molecule has 9 heteroatoms. The minimum Gasteiger partial charge on any atom is -0.368 e. The summed E-state index contributed by atoms with van der Waals surface area (Å²) in [4.78, 5) is 25.1. The van der Waals surface area contributed by atoms with Crippen LogP contribution in [0.3, 0.4) is 0 Å². The Kier molecular flexibility index (Phi) is 7.48. The number of nitrogen functional groups attached to an aromatic ring is 1. The van der Waals surface area contributed by atoms with Crippen molar-refractivity contribution < 1.29 is 4.79 Å². The van der Waals surface area contributed by atoms with Crippen LogP contribution in [0, 0.1) is 6.92 Å². The summed E-state index contributed by atoms with van der Waals surface area (Å²) >= 11 is 7.55. The predicted octanol–water partition coefficient (Wildman–Crippen LogP) is 4.10. The van der Waals surface area contributed by atoms with Crippen LogP contribution in [-0.2, 0) is 17.1 Å². The highest BCUT2D eigenvalue weighted by Gasteiger charge is 2.15. The van der Waals surface area contributed by atoms with Crippen molar-refractivity contribution in [1.82, 2.24) is 20.3 Å². The van der Waals surface area contributed by atoms with E-state index in [1.54, 1.807) is 6.07 Å². The molecular formula is C21H23ClN6OS. The second-order valence-corrected chi connectivity index (χ2v) is 8.42. The monoisotopic (exact) mass is 442 g/mol. The molecule has 0 saturated heterocycles. The average Bonchev–Trinajstić information content (AvgIpc) is 2.72. The Morgan fingerprint density at radius 3 is 2.60 bits per heavy atom. The first-order valence-corrected chi connectivity index (χ1v) is 10.8. The van der Waals surface area contributed by atoms with E-state index in [4.69, 9.17) is 17.3 Å². The summed E-state index contributed by atoms with van der Waals surface area (Å²) in [6, 6.07) is 15.3. The molecule has 0 saturated carbocycles. The molecule has 0 aliphatic carbocycles. The van der Waals surface area contributed by atoms with Crippen molar-refractivity contribution in [3.63, 3.8) is 0 Å². The van der Waals surface area contributed by atoms with Crippen LogP contribution in [0.5, 0.6) is 0 Å². The number of hydrogen-bond acceptors (Lipinski definition) is 7. The first kappa shape index (κ1) is 21.9. The van der Waals surface area contributed by atoms with Gasteiger partial charge < -0.3 is 16.4 Å². The third-order valence-corrected chi connectivity index (χ3v) is 5.76. The van der Waals surface area contributed by atoms with Crippen molar-refractivity contribution >= 4 is 46.9 Å². The molecule has 0 unspecified atom stereocenters. The van der Waals surface area contributed by atoms with Crippen molar-refractivity contribution in [2.45, 2.75) is 31.4 Å². The highest BCUT2D eigenvalue weighted by atomic mass is 35.5. The number of amides is 1. The molecule has 156 valence electrons. The van der Waals surface area contributed by atoms with Gasteiger partial charge in [-0.1, -0.05) is 47.5 Å². The number of thioether (sulfide) groups is 1. The number of nitrogens with two attached hydrogens (primary N) is 1. The molecule has 0 aliphatic heterocycles. The van der Waals surface area contributed by atoms with Crippen LogP contribution < -0.4 is 16.4 Å². The molecule has 2 aromatic carbocycles. The van der Waals surface area contributed by atoms with E-state index < -0.39 is 0 Å². The van der Waals surface area contributed by atoms with Crippen molar-refractivity contribution in [2.24, 2.45) is 0 Å². The topological polar surface area (TPSA) is 106 Å². The van der Waals surface area contributed by atoms with Gasteiger partial charge in [-0.05, 0) is 37.6 Å². The van der Waals surface area contributed by atoms with Crippen LogP contribution in [0.2, 0.25) is 5.02 Å². The summed E-state index contributed by atoms with van der Waals surface area (Å²) in [7, 11) is 0. The Hall–Kier alpha value is -2.84. The molecule has 30 heavy (non-hydrogen) atoms. The molecule has 0 fully saturated rings. The molecule has 1 aromatic heterocycles. The molecule has 0 aliphatic rings. The number of benzene rings is 2. The summed E-state index contributed by atoms with van der Waals surface area (Å²) < 4.78 is 0. The van der Waals surface area contributed by atoms with Gasteiger partial charge >= 0.3 is 0 Å². The maximum Gasteiger partial charge on any atom is 0.233 e. The number of hydrogen-bond donors (Lipinski definition) is 3. The molecule has 3 rings (SSSR count). The number of halogens is 1. The second kappa shape index (κ2) is 10.3. The van der Waals surface area contributed by atoms with E-state index in [1.807, 2.05) is 56.3 Å². The average molecular weight is 443 g/mol. The minimum atomic E-state index is -0.293. The lowest BCUT2D eigenvalue weighted by atomic mass is 10.2. The first-order chi connectivity index (χ1) is 14.4. The summed E-state index contributed by atoms with van der Waals surface area (Å²) in [5.41, 5.74) is 8.72. The van der Waals surface area contributed by atoms with Gasteiger partial charge in [0.05, 0.1) is 11.0 Å². The van der Waals surface area contributed by atoms with E-state index in [-0.39, 0.29) is 17.1 Å². The third-order valence-electron chi connectivity index (χ3n) is 4.25. The lowest BCUT2D eigenvalue weighted by Crippen LogP contribution is -2.30. The Morgan fingerprint density at radius 2 is 1.87 bits per heavy atom. The molecule has 1 heterocycles. The fourth-order valence-electron chi connectivity index (χ4n) is 2.57. The number of nitrogens with zero attached hydrogens (tertiary/aromatic N) is 3. The Balaban J connectivity index is 1.55. The van der Waals surface area contributed by atoms with E-state index in [0.29, 0.717) is 29.1 Å². The zero-order valence-corrected chi connectivity index (χ0v) is 18.3. The van der Waals surface area contributed by atoms with Gasteiger partial charge in [0, 0.05) is 17.3 Å². The number of rotatable bonds is 8. The largest absolute Gasteiger partial charge is 0.368 e. The number of carbonyl (C=O) groups excluding carboxylic acids is 1. The number of carbonyl (C=O) groups is 1. The maximum atomic E-state index is 12.4. The summed E-state index contributed by atoms with van der Waals surface area (Å²) in [5, 5.41) is 6.36. The number of nitrogens with one attached hydrogen (secondary N) is 2. The highest BCUT2D eigenvalue weighted by molar-refractivity contribution is 7.99. The third kappa shape index (κ3) is 6.33. The normalized spacial score (nSPS) is 11.7. The smallest absolute Gasteiger partial charge is 0.233 e. The minimum absolute atomic E-state index is 0.0834. The van der Waals surface area contributed by atoms with Gasteiger partial charge in [-0.15, -0.1) is 11.8 Å². The second-order valence-electron chi connectivity index (χ2n) is 6.69. The number of aryl methyl sites for hydroxylation is 1. The van der Waals surface area contributed by atoms with Crippen molar-refractivity contribution in [3.8, 4) is 0 Å². The summed E-state index contributed by atoms with van der Waals surface area (Å²) in [5.74, 6) is 1.35. The standard InChI is InChI=1S/C21H23ClN6OS/c1-13-7-9-16(10-8-13)25-21-27-18(26-20(23)28-21)12-30-14(2)19(29)24-11-15-5-3-4-6-17(15)22/h3-10,14H,11-12H2,1-2H3,(H,24,29)(H3,23,25,26,27,28)/t14-/m1/s1. The van der Waals surface area contributed by atoms with Crippen LogP contribution in [0.15, 0.2) is 48.5 Å². The van der Waals surface area contributed by atoms with Gasteiger partial charge in [-0.2, -0.15) is 15.0 Å². The molecular weight excluding hydrogens is 420 g/mol. The fraction of sp³-hybridized carbons (Fsp3) is 0.238. The predicted molar refractivity (Wildman–Crippen MR) is 123 cm³/mol. The van der Waals surface area contributed by atoms with Crippen LogP contribution in [0.4, 0.5) is 17.6 Å². The molecule has 0 radical (unpaired) electrons. The Morgan fingerprint density at radius 1 is 1.13 bits per heavy atom. The van der Waals surface area contributed by atoms with E-state index >= 15 is 0 Å². The zero-order valence-electron chi connectivity index (χ0n) is 16.7. The molecule has 1 amide bonds. The van der Waals surface area contributed by atoms with Crippen molar-refractivity contribution in [2.75, 3.05) is 11.1 Å². The van der Waals surface area contributed by atoms with Gasteiger partial charge in [0.15, 0.2) is 0 Å². The van der Waals surface area contributed by atoms with Gasteiger partial charge in [0.1, 0.15) is 5.82 Å². The Labute approximate surface area is 184 Å². The number of anilines is 3. The molecule has 7 nitrogen and oxygen atoms in total. The quantitative estimate of drug-likeness (QED) is 0.482. The summed E-state index contributed by atoms with van der Waals surface area (Å²) in [6.07, 6.45) is 0. The molecule has 0 spiro atoms. The highest BCUT2D eigenvalue weighted by Crippen LogP contribution is 2.20. The van der Waals surface area contributed by atoms with Crippen LogP contribution in [0.1, 0.15) is 23.9 Å². The van der Waals surface area contributed by atoms with Crippen LogP contribution in [0.25, 0.3) is 0 Å². The van der Waals surface area contributed by atoms with E-state index in [2.05, 4.69) is 25.6 Å². The maximum absolute atomic E-state index is 12.4. The SMILES string of the molecule is Cc1ccc(Nc2nc(N)nc(CS[C@H](C)C(=O)NCc3ccccc3Cl)n2)cc1. The van der Waals surface area contributed by atoms with Gasteiger partial charge in [0.2, 0.25) is 17.8 Å². The lowest BCUT2D eigenvalue weighted by molar-refractivity contribution is -0.120. The van der Waals surface area contributed by atoms with E-state index in [0.717, 1.165) is 16.8 Å². The Bertz CT molecular complexity index is 1010. The summed E-state index contributed by atoms with van der Waals surface area (Å²) in [6.45, 7) is 4.24. The van der Waals surface area contributed by atoms with Crippen molar-refractivity contribution in [1.29, 1.82) is 0 Å². The first-order valence-electron chi connectivity index (χ1n) is 9.37. The molecule has 3 aromatic rings. The zero-order chi connectivity index (χ0) is 21.5. The van der Waals surface area contributed by atoms with Crippen molar-refractivity contribution in [3.05, 3.63) is 70.5 Å². The van der Waals surface area contributed by atoms with Gasteiger partial charge in [-0.3, -0.25) is 4.79 Å². The van der Waals surface area contributed by atoms with Gasteiger partial charge in [0.25, 0.3) is 0 Å². The van der Waals surface area contributed by atoms with E-state index in [1.165, 1.54) is 11.8 Å². The van der Waals surface area contributed by atoms with Crippen LogP contribution >= 0.6 is 23.4 Å². The molecule has 1 atom stereocenters. The fourth-order valence-corrected chi connectivity index (χ4v) is 3.53. The molecule has 0 bridgehead atoms. The van der Waals surface area contributed by atoms with E-state index in [9.17, 15) is 4.79 Å². The van der Waals surface area contributed by atoms with Gasteiger partial charge in [-0.25, -0.2) is 0 Å². The lowest BCUT2D eigenvalue weighted by Gasteiger charge is -2.13.